The van der Waals surface area contributed by atoms with Crippen molar-refractivity contribution in [2.75, 3.05) is 0 Å². The smallest absolute Gasteiger partial charge is 0.338 e. The number of hydrogen-bond donors (Lipinski definition) is 0. The molecule has 0 saturated carbocycles. The fourth-order valence-corrected chi connectivity index (χ4v) is 4.31. The summed E-state index contributed by atoms with van der Waals surface area (Å²) >= 11 is 6.40. The molecular formula is C19H20ClNO6S. The first kappa shape index (κ1) is 21.8. The molecule has 150 valence electrons. The third kappa shape index (κ3) is 4.34. The van der Waals surface area contributed by atoms with Crippen LogP contribution in [0, 0.1) is 10.1 Å². The molecule has 0 spiro atoms. The Kier molecular flexibility index (Phi) is 5.87. The minimum atomic E-state index is -4.22. The third-order valence-electron chi connectivity index (χ3n) is 3.87. The number of nitro benzene ring substituents is 1. The largest absolute Gasteiger partial charge is 0.456 e. The molecule has 2 aromatic carbocycles. The molecule has 0 aromatic heterocycles. The van der Waals surface area contributed by atoms with Crippen molar-refractivity contribution in [2.24, 2.45) is 0 Å². The van der Waals surface area contributed by atoms with Crippen molar-refractivity contribution in [1.82, 2.24) is 0 Å². The Morgan fingerprint density at radius 1 is 1.07 bits per heavy atom. The van der Waals surface area contributed by atoms with E-state index in [1.54, 1.807) is 26.8 Å². The van der Waals surface area contributed by atoms with Gasteiger partial charge < -0.3 is 4.74 Å². The van der Waals surface area contributed by atoms with Gasteiger partial charge in [-0.05, 0) is 52.0 Å². The molecule has 2 aromatic rings. The number of nitro groups is 1. The monoisotopic (exact) mass is 425 g/mol. The van der Waals surface area contributed by atoms with E-state index in [0.29, 0.717) is 0 Å². The van der Waals surface area contributed by atoms with Crippen molar-refractivity contribution >= 4 is 33.1 Å². The van der Waals surface area contributed by atoms with Crippen LogP contribution in [0.15, 0.2) is 53.4 Å². The summed E-state index contributed by atoms with van der Waals surface area (Å²) in [6.45, 7) is 6.16. The second-order valence-electron chi connectivity index (χ2n) is 7.22. The van der Waals surface area contributed by atoms with Gasteiger partial charge in [0.25, 0.3) is 5.69 Å². The van der Waals surface area contributed by atoms with Crippen molar-refractivity contribution in [3.8, 4) is 0 Å². The van der Waals surface area contributed by atoms with E-state index in [4.69, 9.17) is 16.3 Å². The van der Waals surface area contributed by atoms with Crippen LogP contribution in [0.4, 0.5) is 5.69 Å². The minimum absolute atomic E-state index is 0.0364. The number of halogens is 1. The molecule has 0 fully saturated rings. The molecule has 9 heteroatoms. The zero-order valence-electron chi connectivity index (χ0n) is 15.8. The Morgan fingerprint density at radius 3 is 2.14 bits per heavy atom. The maximum absolute atomic E-state index is 13.1. The fraction of sp³-hybridized carbons (Fsp3) is 0.316. The zero-order valence-corrected chi connectivity index (χ0v) is 17.4. The molecule has 1 unspecified atom stereocenters. The lowest BCUT2D eigenvalue weighted by Gasteiger charge is -2.24. The maximum atomic E-state index is 13.1. The molecule has 7 nitrogen and oxygen atoms in total. The van der Waals surface area contributed by atoms with E-state index >= 15 is 0 Å². The van der Waals surface area contributed by atoms with Crippen molar-refractivity contribution in [3.63, 3.8) is 0 Å². The number of hydrogen-bond acceptors (Lipinski definition) is 6. The predicted octanol–water partition coefficient (Wildman–Crippen LogP) is 4.44. The molecule has 0 N–H and O–H groups in total. The summed E-state index contributed by atoms with van der Waals surface area (Å²) in [6, 6.07) is 10.7. The molecule has 0 saturated heterocycles. The van der Waals surface area contributed by atoms with Crippen molar-refractivity contribution in [1.29, 1.82) is 0 Å². The Bertz CT molecular complexity index is 1010. The lowest BCUT2D eigenvalue weighted by molar-refractivity contribution is -0.385. The Morgan fingerprint density at radius 2 is 1.64 bits per heavy atom. The number of sulfone groups is 1. The Labute approximate surface area is 168 Å². The van der Waals surface area contributed by atoms with Crippen LogP contribution in [0.3, 0.4) is 0 Å². The average Bonchev–Trinajstić information content (AvgIpc) is 2.60. The number of carbonyl (C=O) groups is 1. The number of ether oxygens (including phenoxy) is 1. The summed E-state index contributed by atoms with van der Waals surface area (Å²) in [6.07, 6.45) is 0. The molecule has 0 amide bonds. The number of carbonyl (C=O) groups excluding carboxylic acids is 1. The molecule has 28 heavy (non-hydrogen) atoms. The first-order valence-corrected chi connectivity index (χ1v) is 10.1. The summed E-state index contributed by atoms with van der Waals surface area (Å²) in [5.41, 5.74) is -1.65. The van der Waals surface area contributed by atoms with Gasteiger partial charge in [0.1, 0.15) is 5.60 Å². The number of rotatable bonds is 5. The molecule has 0 bridgehead atoms. The molecule has 0 aliphatic heterocycles. The van der Waals surface area contributed by atoms with Gasteiger partial charge >= 0.3 is 5.97 Å². The van der Waals surface area contributed by atoms with Gasteiger partial charge in [-0.15, -0.1) is 0 Å². The van der Waals surface area contributed by atoms with Crippen LogP contribution in [0.1, 0.15) is 43.6 Å². The Hall–Kier alpha value is -2.45. The zero-order chi connectivity index (χ0) is 21.3. The van der Waals surface area contributed by atoms with E-state index in [9.17, 15) is 23.3 Å². The molecular weight excluding hydrogens is 406 g/mol. The summed E-state index contributed by atoms with van der Waals surface area (Å²) < 4.78 is 29.2. The maximum Gasteiger partial charge on any atom is 0.338 e. The number of benzene rings is 2. The topological polar surface area (TPSA) is 104 Å². The predicted molar refractivity (Wildman–Crippen MR) is 105 cm³/mol. The second kappa shape index (κ2) is 7.52. The average molecular weight is 426 g/mol. The Balaban J connectivity index is 2.66. The van der Waals surface area contributed by atoms with E-state index in [1.165, 1.54) is 30.3 Å². The highest BCUT2D eigenvalue weighted by Gasteiger charge is 2.45. The van der Waals surface area contributed by atoms with Crippen LogP contribution >= 0.6 is 11.6 Å². The van der Waals surface area contributed by atoms with Gasteiger partial charge in [0.2, 0.25) is 9.84 Å². The fourth-order valence-electron chi connectivity index (χ4n) is 2.48. The first-order valence-electron chi connectivity index (χ1n) is 8.28. The van der Waals surface area contributed by atoms with Crippen LogP contribution in [0.2, 0.25) is 0 Å². The van der Waals surface area contributed by atoms with E-state index in [1.807, 2.05) is 0 Å². The number of alkyl halides is 1. The summed E-state index contributed by atoms with van der Waals surface area (Å²) in [5, 5.41) is 11.5. The van der Waals surface area contributed by atoms with Crippen LogP contribution in [-0.2, 0) is 18.8 Å². The molecule has 2 rings (SSSR count). The quantitative estimate of drug-likeness (QED) is 0.303. The van der Waals surface area contributed by atoms with Crippen molar-refractivity contribution < 1.29 is 22.9 Å². The SMILES string of the molecule is CC(C)(C)OC(=O)c1ccc([N+](=O)[O-])c(C(C)(Cl)S(=O)(=O)c2ccccc2)c1. The third-order valence-corrected chi connectivity index (χ3v) is 6.80. The van der Waals surface area contributed by atoms with E-state index in [-0.39, 0.29) is 16.0 Å². The highest BCUT2D eigenvalue weighted by atomic mass is 35.5. The van der Waals surface area contributed by atoms with Crippen LogP contribution in [-0.4, -0.2) is 24.9 Å². The van der Waals surface area contributed by atoms with Crippen LogP contribution in [0.5, 0.6) is 0 Å². The van der Waals surface area contributed by atoms with Gasteiger partial charge in [-0.25, -0.2) is 13.2 Å². The van der Waals surface area contributed by atoms with E-state index in [2.05, 4.69) is 0 Å². The van der Waals surface area contributed by atoms with Gasteiger partial charge in [0, 0.05) is 6.07 Å². The lowest BCUT2D eigenvalue weighted by atomic mass is 10.1. The normalized spacial score (nSPS) is 14.2. The highest BCUT2D eigenvalue weighted by Crippen LogP contribution is 2.43. The molecule has 0 heterocycles. The molecule has 0 radical (unpaired) electrons. The van der Waals surface area contributed by atoms with Gasteiger partial charge in [-0.1, -0.05) is 29.8 Å². The van der Waals surface area contributed by atoms with E-state index in [0.717, 1.165) is 19.1 Å². The lowest BCUT2D eigenvalue weighted by Crippen LogP contribution is -2.29. The van der Waals surface area contributed by atoms with Crippen LogP contribution < -0.4 is 0 Å². The summed E-state index contributed by atoms with van der Waals surface area (Å²) in [4.78, 5) is 23.0. The highest BCUT2D eigenvalue weighted by molar-refractivity contribution is 7.93. The second-order valence-corrected chi connectivity index (χ2v) is 10.5. The van der Waals surface area contributed by atoms with E-state index < -0.39 is 36.2 Å². The number of esters is 1. The minimum Gasteiger partial charge on any atom is -0.456 e. The number of nitrogens with zero attached hydrogens (tertiary/aromatic N) is 1. The van der Waals surface area contributed by atoms with Gasteiger partial charge in [0.05, 0.1) is 20.9 Å². The van der Waals surface area contributed by atoms with Crippen LogP contribution in [0.25, 0.3) is 0 Å². The van der Waals surface area contributed by atoms with Crippen molar-refractivity contribution in [2.45, 2.75) is 42.4 Å². The molecule has 1 atom stereocenters. The summed E-state index contributed by atoms with van der Waals surface area (Å²) in [5.74, 6) is -0.742. The summed E-state index contributed by atoms with van der Waals surface area (Å²) in [7, 11) is -4.22. The van der Waals surface area contributed by atoms with Crippen molar-refractivity contribution in [3.05, 3.63) is 69.8 Å². The standard InChI is InChI=1S/C19H20ClNO6S/c1-18(2,3)27-17(22)13-10-11-16(21(23)24)15(12-13)19(4,20)28(25,26)14-8-6-5-7-9-14/h5-12H,1-4H3. The van der Waals surface area contributed by atoms with Gasteiger partial charge in [0.15, 0.2) is 4.21 Å². The molecule has 0 aliphatic carbocycles. The molecule has 0 aliphatic rings. The van der Waals surface area contributed by atoms with Gasteiger partial charge in [-0.2, -0.15) is 0 Å². The first-order chi connectivity index (χ1) is 12.8. The van der Waals surface area contributed by atoms with Gasteiger partial charge in [-0.3, -0.25) is 10.1 Å².